The van der Waals surface area contributed by atoms with Crippen LogP contribution in [0.1, 0.15) is 48.9 Å². The largest absolute Gasteiger partial charge is 0.394 e. The molecule has 2 aliphatic heterocycles. The number of carbonyl (C=O) groups is 1. The fourth-order valence-corrected chi connectivity index (χ4v) is 4.53. The van der Waals surface area contributed by atoms with Crippen molar-refractivity contribution in [3.8, 4) is 0 Å². The highest BCUT2D eigenvalue weighted by molar-refractivity contribution is 5.94. The molecule has 1 unspecified atom stereocenters. The van der Waals surface area contributed by atoms with Crippen LogP contribution < -0.4 is 4.90 Å². The van der Waals surface area contributed by atoms with Crippen LogP contribution in [-0.2, 0) is 6.54 Å². The minimum Gasteiger partial charge on any atom is -0.394 e. The van der Waals surface area contributed by atoms with Gasteiger partial charge in [0, 0.05) is 44.8 Å². The molecule has 7 heteroatoms. The summed E-state index contributed by atoms with van der Waals surface area (Å²) < 4.78 is 1.98. The topological polar surface area (TPSA) is 74.5 Å². The molecule has 0 radical (unpaired) electrons. The molecular weight excluding hydrogens is 366 g/mol. The lowest BCUT2D eigenvalue weighted by Gasteiger charge is -2.35. The predicted molar refractivity (Wildman–Crippen MR) is 112 cm³/mol. The van der Waals surface area contributed by atoms with Gasteiger partial charge in [0.25, 0.3) is 5.91 Å². The number of amides is 1. The second-order valence-corrected chi connectivity index (χ2v) is 8.22. The molecule has 2 saturated heterocycles. The number of rotatable bonds is 6. The molecule has 7 nitrogen and oxygen atoms in total. The second kappa shape index (κ2) is 9.39. The zero-order valence-electron chi connectivity index (χ0n) is 17.0. The fourth-order valence-electron chi connectivity index (χ4n) is 4.53. The maximum atomic E-state index is 12.9. The van der Waals surface area contributed by atoms with Crippen LogP contribution in [0, 0.1) is 5.92 Å². The van der Waals surface area contributed by atoms with Gasteiger partial charge in [-0.25, -0.2) is 4.98 Å². The summed E-state index contributed by atoms with van der Waals surface area (Å²) >= 11 is 0. The van der Waals surface area contributed by atoms with E-state index < -0.39 is 0 Å². The van der Waals surface area contributed by atoms with Crippen molar-refractivity contribution >= 4 is 11.7 Å². The van der Waals surface area contributed by atoms with Gasteiger partial charge in [0.15, 0.2) is 0 Å². The molecule has 4 rings (SSSR count). The molecule has 156 valence electrons. The fraction of sp³-hybridized carbons (Fsp3) is 0.591. The maximum absolute atomic E-state index is 12.9. The van der Waals surface area contributed by atoms with Crippen molar-refractivity contribution in [2.75, 3.05) is 31.1 Å². The zero-order chi connectivity index (χ0) is 20.1. The summed E-state index contributed by atoms with van der Waals surface area (Å²) in [5.41, 5.74) is 0.654. The number of hydrogen-bond acceptors (Lipinski definition) is 5. The van der Waals surface area contributed by atoms with Gasteiger partial charge in [-0.2, -0.15) is 5.10 Å². The Labute approximate surface area is 172 Å². The van der Waals surface area contributed by atoms with Crippen molar-refractivity contribution in [3.63, 3.8) is 0 Å². The van der Waals surface area contributed by atoms with Gasteiger partial charge in [0.1, 0.15) is 5.82 Å². The predicted octanol–water partition coefficient (Wildman–Crippen LogP) is 2.57. The van der Waals surface area contributed by atoms with Crippen LogP contribution in [0.4, 0.5) is 5.82 Å². The normalized spacial score (nSPS) is 20.8. The summed E-state index contributed by atoms with van der Waals surface area (Å²) in [6, 6.07) is 5.91. The Kier molecular flexibility index (Phi) is 6.44. The van der Waals surface area contributed by atoms with E-state index in [0.717, 1.165) is 70.5 Å². The van der Waals surface area contributed by atoms with Crippen molar-refractivity contribution in [3.05, 3.63) is 42.4 Å². The third-order valence-electron chi connectivity index (χ3n) is 6.35. The minimum atomic E-state index is 0.0759. The molecule has 0 spiro atoms. The Morgan fingerprint density at radius 2 is 2.00 bits per heavy atom. The Morgan fingerprint density at radius 1 is 1.14 bits per heavy atom. The number of hydrogen-bond donors (Lipinski definition) is 1. The average Bonchev–Trinajstić information content (AvgIpc) is 3.31. The quantitative estimate of drug-likeness (QED) is 0.811. The van der Waals surface area contributed by atoms with Gasteiger partial charge in [-0.3, -0.25) is 9.48 Å². The summed E-state index contributed by atoms with van der Waals surface area (Å²) in [4.78, 5) is 21.6. The van der Waals surface area contributed by atoms with Crippen LogP contribution in [0.3, 0.4) is 0 Å². The summed E-state index contributed by atoms with van der Waals surface area (Å²) in [6.07, 6.45) is 12.0. The first-order valence-electron chi connectivity index (χ1n) is 10.8. The van der Waals surface area contributed by atoms with Crippen molar-refractivity contribution in [1.29, 1.82) is 0 Å². The Morgan fingerprint density at radius 3 is 2.69 bits per heavy atom. The van der Waals surface area contributed by atoms with Gasteiger partial charge in [-0.15, -0.1) is 0 Å². The number of carbonyl (C=O) groups excluding carboxylic acids is 1. The van der Waals surface area contributed by atoms with E-state index in [1.54, 1.807) is 6.20 Å². The number of aryl methyl sites for hydroxylation is 1. The van der Waals surface area contributed by atoms with Crippen LogP contribution in [0.25, 0.3) is 0 Å². The smallest absolute Gasteiger partial charge is 0.255 e. The molecule has 4 heterocycles. The van der Waals surface area contributed by atoms with E-state index in [-0.39, 0.29) is 18.6 Å². The highest BCUT2D eigenvalue weighted by Gasteiger charge is 2.25. The molecule has 29 heavy (non-hydrogen) atoms. The number of anilines is 1. The van der Waals surface area contributed by atoms with Gasteiger partial charge < -0.3 is 14.9 Å². The summed E-state index contributed by atoms with van der Waals surface area (Å²) in [7, 11) is 0. The minimum absolute atomic E-state index is 0.0759. The van der Waals surface area contributed by atoms with E-state index in [2.05, 4.69) is 15.0 Å². The van der Waals surface area contributed by atoms with E-state index in [0.29, 0.717) is 11.5 Å². The highest BCUT2D eigenvalue weighted by atomic mass is 16.3. The molecule has 0 aliphatic carbocycles. The number of aliphatic hydroxyl groups excluding tert-OH is 1. The van der Waals surface area contributed by atoms with Gasteiger partial charge >= 0.3 is 0 Å². The number of pyridine rings is 1. The van der Waals surface area contributed by atoms with E-state index >= 15 is 0 Å². The first-order chi connectivity index (χ1) is 14.2. The third-order valence-corrected chi connectivity index (χ3v) is 6.35. The third kappa shape index (κ3) is 4.78. The van der Waals surface area contributed by atoms with Crippen LogP contribution in [0.2, 0.25) is 0 Å². The lowest BCUT2D eigenvalue weighted by atomic mass is 9.93. The van der Waals surface area contributed by atoms with Gasteiger partial charge in [-0.05, 0) is 62.6 Å². The van der Waals surface area contributed by atoms with Crippen LogP contribution in [0.5, 0.6) is 0 Å². The SMILES string of the molecule is O=C(c1ccc(N2CCCCC2CO)nc1)N1CCC(CCn2cccn2)CC1. The molecule has 0 bridgehead atoms. The summed E-state index contributed by atoms with van der Waals surface area (Å²) in [5.74, 6) is 1.59. The lowest BCUT2D eigenvalue weighted by molar-refractivity contribution is 0.0684. The summed E-state index contributed by atoms with van der Waals surface area (Å²) in [5, 5.41) is 13.9. The van der Waals surface area contributed by atoms with Crippen LogP contribution in [-0.4, -0.2) is 63.0 Å². The monoisotopic (exact) mass is 397 g/mol. The molecule has 1 atom stereocenters. The molecule has 0 saturated carbocycles. The number of aromatic nitrogens is 3. The molecule has 1 amide bonds. The van der Waals surface area contributed by atoms with E-state index in [4.69, 9.17) is 0 Å². The molecule has 2 aromatic rings. The molecular formula is C22H31N5O2. The summed E-state index contributed by atoms with van der Waals surface area (Å²) in [6.45, 7) is 3.63. The van der Waals surface area contributed by atoms with E-state index in [1.165, 1.54) is 0 Å². The molecule has 2 fully saturated rings. The van der Waals surface area contributed by atoms with Crippen molar-refractivity contribution in [2.45, 2.75) is 51.1 Å². The number of piperidine rings is 2. The van der Waals surface area contributed by atoms with E-state index in [9.17, 15) is 9.90 Å². The van der Waals surface area contributed by atoms with Gasteiger partial charge in [0.05, 0.1) is 18.2 Å². The molecule has 0 aromatic carbocycles. The van der Waals surface area contributed by atoms with Gasteiger partial charge in [0.2, 0.25) is 0 Å². The van der Waals surface area contributed by atoms with Gasteiger partial charge in [-0.1, -0.05) is 0 Å². The molecule has 2 aromatic heterocycles. The van der Waals surface area contributed by atoms with Crippen LogP contribution in [0.15, 0.2) is 36.8 Å². The number of aliphatic hydroxyl groups is 1. The Balaban J connectivity index is 1.29. The molecule has 2 aliphatic rings. The number of likely N-dealkylation sites (tertiary alicyclic amines) is 1. The standard InChI is InChI=1S/C22H31N5O2/c28-17-20-4-1-2-12-27(20)21-6-5-19(16-23-21)22(29)25-13-7-18(8-14-25)9-15-26-11-3-10-24-26/h3,5-6,10-11,16,18,20,28H,1-2,4,7-9,12-15,17H2. The van der Waals surface area contributed by atoms with E-state index in [1.807, 2.05) is 40.2 Å². The molecule has 1 N–H and O–H groups in total. The number of nitrogens with zero attached hydrogens (tertiary/aromatic N) is 5. The second-order valence-electron chi connectivity index (χ2n) is 8.22. The Bertz CT molecular complexity index is 769. The van der Waals surface area contributed by atoms with Crippen molar-refractivity contribution in [1.82, 2.24) is 19.7 Å². The maximum Gasteiger partial charge on any atom is 0.255 e. The van der Waals surface area contributed by atoms with Crippen LogP contribution >= 0.6 is 0 Å². The van der Waals surface area contributed by atoms with Crippen molar-refractivity contribution in [2.24, 2.45) is 5.92 Å². The lowest BCUT2D eigenvalue weighted by Crippen LogP contribution is -2.42. The highest BCUT2D eigenvalue weighted by Crippen LogP contribution is 2.25. The van der Waals surface area contributed by atoms with Crippen molar-refractivity contribution < 1.29 is 9.90 Å². The first kappa shape index (κ1) is 19.9. The average molecular weight is 398 g/mol. The first-order valence-corrected chi connectivity index (χ1v) is 10.8. The zero-order valence-corrected chi connectivity index (χ0v) is 17.0. The Hall–Kier alpha value is -2.41.